The molecule has 0 unspecified atom stereocenters. The van der Waals surface area contributed by atoms with E-state index in [0.29, 0.717) is 18.4 Å². The lowest BCUT2D eigenvalue weighted by molar-refractivity contribution is -0.142. The largest absolute Gasteiger partial charge is 0.479 e. The fourth-order valence-corrected chi connectivity index (χ4v) is 1.77. The Morgan fingerprint density at radius 2 is 1.89 bits per heavy atom. The highest BCUT2D eigenvalue weighted by Gasteiger charge is 2.42. The van der Waals surface area contributed by atoms with Crippen molar-refractivity contribution in [2.75, 3.05) is 0 Å². The minimum absolute atomic E-state index is 0.0381. The van der Waals surface area contributed by atoms with Crippen LogP contribution in [0.25, 0.3) is 0 Å². The molecule has 1 aliphatic rings. The van der Waals surface area contributed by atoms with E-state index in [1.165, 1.54) is 0 Å². The maximum absolute atomic E-state index is 11.7. The lowest BCUT2D eigenvalue weighted by Gasteiger charge is -2.16. The van der Waals surface area contributed by atoms with Gasteiger partial charge in [-0.15, -0.1) is 0 Å². The normalized spacial score (nSPS) is 17.8. The molecule has 0 radical (unpaired) electrons. The molecule has 0 saturated heterocycles. The summed E-state index contributed by atoms with van der Waals surface area (Å²) in [7, 11) is 0. The van der Waals surface area contributed by atoms with Crippen molar-refractivity contribution in [3.05, 3.63) is 35.9 Å². The third-order valence-electron chi connectivity index (χ3n) is 3.00. The van der Waals surface area contributed by atoms with Crippen LogP contribution in [0.3, 0.4) is 0 Å². The van der Waals surface area contributed by atoms with Crippen LogP contribution in [0.5, 0.6) is 0 Å². The molecule has 96 valence electrons. The molecular weight excluding hydrogens is 234 g/mol. The van der Waals surface area contributed by atoms with Crippen molar-refractivity contribution in [3.63, 3.8) is 0 Å². The number of carbonyl (C=O) groups excluding carboxylic acids is 1. The van der Waals surface area contributed by atoms with Gasteiger partial charge >= 0.3 is 5.97 Å². The van der Waals surface area contributed by atoms with Crippen LogP contribution in [0.4, 0.5) is 0 Å². The first-order valence-electron chi connectivity index (χ1n) is 5.80. The monoisotopic (exact) mass is 249 g/mol. The fourth-order valence-electron chi connectivity index (χ4n) is 1.77. The molecule has 18 heavy (non-hydrogen) atoms. The molecule has 1 saturated carbocycles. The van der Waals surface area contributed by atoms with Gasteiger partial charge in [-0.1, -0.05) is 30.3 Å². The zero-order chi connectivity index (χ0) is 13.2. The molecule has 0 spiro atoms. The van der Waals surface area contributed by atoms with Gasteiger partial charge in [0.15, 0.2) is 6.04 Å². The standard InChI is InChI=1S/C13H15NO4/c15-10(8-13(18)6-7-13)14-11(12(16)17)9-4-2-1-3-5-9/h1-5,11,18H,6-8H2,(H,14,15)(H,16,17)/t11-/m1/s1. The first-order chi connectivity index (χ1) is 8.50. The summed E-state index contributed by atoms with van der Waals surface area (Å²) in [6, 6.07) is 7.42. The average molecular weight is 249 g/mol. The van der Waals surface area contributed by atoms with Gasteiger partial charge < -0.3 is 15.5 Å². The number of nitrogens with one attached hydrogen (secondary N) is 1. The second-order valence-corrected chi connectivity index (χ2v) is 4.65. The van der Waals surface area contributed by atoms with E-state index in [1.54, 1.807) is 30.3 Å². The highest BCUT2D eigenvalue weighted by Crippen LogP contribution is 2.38. The molecule has 1 fully saturated rings. The smallest absolute Gasteiger partial charge is 0.330 e. The molecule has 2 rings (SSSR count). The van der Waals surface area contributed by atoms with Crippen molar-refractivity contribution in [2.24, 2.45) is 0 Å². The molecule has 0 aliphatic heterocycles. The van der Waals surface area contributed by atoms with Crippen molar-refractivity contribution < 1.29 is 19.8 Å². The Kier molecular flexibility index (Phi) is 3.34. The number of amides is 1. The van der Waals surface area contributed by atoms with Crippen molar-refractivity contribution in [1.29, 1.82) is 0 Å². The second-order valence-electron chi connectivity index (χ2n) is 4.65. The van der Waals surface area contributed by atoms with Crippen LogP contribution in [0.15, 0.2) is 30.3 Å². The van der Waals surface area contributed by atoms with E-state index in [2.05, 4.69) is 5.32 Å². The molecule has 1 aliphatic carbocycles. The Morgan fingerprint density at radius 1 is 1.28 bits per heavy atom. The summed E-state index contributed by atoms with van der Waals surface area (Å²) in [6.07, 6.45) is 1.16. The summed E-state index contributed by atoms with van der Waals surface area (Å²) < 4.78 is 0. The summed E-state index contributed by atoms with van der Waals surface area (Å²) in [5, 5.41) is 21.2. The highest BCUT2D eigenvalue weighted by molar-refractivity contribution is 5.85. The number of aliphatic carboxylic acids is 1. The summed E-state index contributed by atoms with van der Waals surface area (Å²) in [4.78, 5) is 22.8. The first kappa shape index (κ1) is 12.6. The molecule has 3 N–H and O–H groups in total. The van der Waals surface area contributed by atoms with Crippen LogP contribution in [-0.4, -0.2) is 27.7 Å². The van der Waals surface area contributed by atoms with Crippen LogP contribution in [0.2, 0.25) is 0 Å². The molecule has 1 aromatic carbocycles. The van der Waals surface area contributed by atoms with E-state index in [1.807, 2.05) is 0 Å². The van der Waals surface area contributed by atoms with Crippen molar-refractivity contribution in [2.45, 2.75) is 30.9 Å². The van der Waals surface area contributed by atoms with Gasteiger partial charge in [-0.3, -0.25) is 4.79 Å². The lowest BCUT2D eigenvalue weighted by Crippen LogP contribution is -2.35. The van der Waals surface area contributed by atoms with Crippen molar-refractivity contribution in [3.8, 4) is 0 Å². The van der Waals surface area contributed by atoms with Gasteiger partial charge in [0.1, 0.15) is 0 Å². The summed E-state index contributed by atoms with van der Waals surface area (Å²) >= 11 is 0. The molecule has 0 heterocycles. The summed E-state index contributed by atoms with van der Waals surface area (Å²) in [6.45, 7) is 0. The van der Waals surface area contributed by atoms with E-state index in [0.717, 1.165) is 0 Å². The predicted octanol–water partition coefficient (Wildman–Crippen LogP) is 0.843. The number of carboxylic acid groups (broad SMARTS) is 1. The predicted molar refractivity (Wildman–Crippen MR) is 63.8 cm³/mol. The van der Waals surface area contributed by atoms with Crippen molar-refractivity contribution >= 4 is 11.9 Å². The zero-order valence-electron chi connectivity index (χ0n) is 9.80. The minimum atomic E-state index is -1.11. The van der Waals surface area contributed by atoms with Crippen LogP contribution in [0.1, 0.15) is 30.9 Å². The Bertz CT molecular complexity index is 453. The Hall–Kier alpha value is -1.88. The molecule has 5 heteroatoms. The van der Waals surface area contributed by atoms with Crippen LogP contribution in [0, 0.1) is 0 Å². The van der Waals surface area contributed by atoms with Gasteiger partial charge in [0.05, 0.1) is 12.0 Å². The SMILES string of the molecule is O=C(CC1(O)CC1)N[C@@H](C(=O)O)c1ccccc1. The van der Waals surface area contributed by atoms with Crippen LogP contribution in [-0.2, 0) is 9.59 Å². The second kappa shape index (κ2) is 4.78. The number of aliphatic hydroxyl groups is 1. The van der Waals surface area contributed by atoms with E-state index in [9.17, 15) is 14.7 Å². The Morgan fingerprint density at radius 3 is 2.39 bits per heavy atom. The molecule has 0 aromatic heterocycles. The van der Waals surface area contributed by atoms with Gasteiger partial charge in [-0.2, -0.15) is 0 Å². The van der Waals surface area contributed by atoms with Gasteiger partial charge in [-0.25, -0.2) is 4.79 Å². The van der Waals surface area contributed by atoms with Gasteiger partial charge in [-0.05, 0) is 18.4 Å². The first-order valence-corrected chi connectivity index (χ1v) is 5.80. The van der Waals surface area contributed by atoms with Gasteiger partial charge in [0.25, 0.3) is 0 Å². The van der Waals surface area contributed by atoms with Crippen molar-refractivity contribution in [1.82, 2.24) is 5.32 Å². The Labute approximate surface area is 104 Å². The third kappa shape index (κ3) is 3.07. The van der Waals surface area contributed by atoms with E-state index in [-0.39, 0.29) is 6.42 Å². The van der Waals surface area contributed by atoms with E-state index < -0.39 is 23.5 Å². The minimum Gasteiger partial charge on any atom is -0.479 e. The molecule has 1 atom stereocenters. The number of hydrogen-bond acceptors (Lipinski definition) is 3. The van der Waals surface area contributed by atoms with E-state index >= 15 is 0 Å². The number of carboxylic acids is 1. The number of carbonyl (C=O) groups is 2. The zero-order valence-corrected chi connectivity index (χ0v) is 9.80. The lowest BCUT2D eigenvalue weighted by atomic mass is 10.1. The molecular formula is C13H15NO4. The number of hydrogen-bond donors (Lipinski definition) is 3. The molecule has 1 aromatic rings. The Balaban J connectivity index is 2.03. The summed E-state index contributed by atoms with van der Waals surface area (Å²) in [5.74, 6) is -1.55. The molecule has 0 bridgehead atoms. The highest BCUT2D eigenvalue weighted by atomic mass is 16.4. The average Bonchev–Trinajstić information content (AvgIpc) is 3.04. The van der Waals surface area contributed by atoms with Gasteiger partial charge in [0, 0.05) is 0 Å². The number of rotatable bonds is 5. The topological polar surface area (TPSA) is 86.6 Å². The number of benzene rings is 1. The fraction of sp³-hybridized carbons (Fsp3) is 0.385. The maximum Gasteiger partial charge on any atom is 0.330 e. The summed E-state index contributed by atoms with van der Waals surface area (Å²) in [5.41, 5.74) is -0.398. The van der Waals surface area contributed by atoms with E-state index in [4.69, 9.17) is 5.11 Å². The molecule has 5 nitrogen and oxygen atoms in total. The quantitative estimate of drug-likeness (QED) is 0.721. The van der Waals surface area contributed by atoms with Crippen LogP contribution < -0.4 is 5.32 Å². The third-order valence-corrected chi connectivity index (χ3v) is 3.00. The molecule has 1 amide bonds. The van der Waals surface area contributed by atoms with Crippen LogP contribution >= 0.6 is 0 Å². The maximum atomic E-state index is 11.7. The van der Waals surface area contributed by atoms with Gasteiger partial charge in [0.2, 0.25) is 5.91 Å².